The molecule has 1 rings (SSSR count). The first-order valence-electron chi connectivity index (χ1n) is 5.46. The summed E-state index contributed by atoms with van der Waals surface area (Å²) in [6, 6.07) is 4.26. The Balaban J connectivity index is 2.49. The van der Waals surface area contributed by atoms with E-state index < -0.39 is 0 Å². The van der Waals surface area contributed by atoms with Crippen LogP contribution in [0.5, 0.6) is 0 Å². The summed E-state index contributed by atoms with van der Waals surface area (Å²) in [7, 11) is 0. The Morgan fingerprint density at radius 2 is 2.44 bits per heavy atom. The van der Waals surface area contributed by atoms with Crippen molar-refractivity contribution >= 4 is 17.4 Å². The second-order valence-electron chi connectivity index (χ2n) is 3.56. The van der Waals surface area contributed by atoms with Gasteiger partial charge in [-0.15, -0.1) is 0 Å². The number of aromatic nitrogens is 1. The predicted octanol–water partition coefficient (Wildman–Crippen LogP) is 2.90. The second kappa shape index (κ2) is 7.13. The monoisotopic (exact) mass is 235 g/mol. The summed E-state index contributed by atoms with van der Waals surface area (Å²) in [6.07, 6.45) is 4.45. The number of nitrogens with zero attached hydrogens (tertiary/aromatic N) is 2. The maximum atomic E-state index is 8.92. The number of nitriles is 1. The van der Waals surface area contributed by atoms with Crippen LogP contribution in [0.2, 0.25) is 0 Å². The maximum absolute atomic E-state index is 8.92. The van der Waals surface area contributed by atoms with Crippen molar-refractivity contribution in [3.8, 4) is 6.07 Å². The number of nitrogens with one attached hydrogen (secondary N) is 1. The molecule has 0 fully saturated rings. The smallest absolute Gasteiger partial charge is 0.101 e. The average Bonchev–Trinajstić information content (AvgIpc) is 2.30. The molecule has 0 aliphatic rings. The summed E-state index contributed by atoms with van der Waals surface area (Å²) in [5, 5.41) is 12.2. The molecule has 0 radical (unpaired) electrons. The summed E-state index contributed by atoms with van der Waals surface area (Å²) in [4.78, 5) is 4.02. The lowest BCUT2D eigenvalue weighted by molar-refractivity contribution is 0.770. The fourth-order valence-corrected chi connectivity index (χ4v) is 2.16. The lowest BCUT2D eigenvalue weighted by Gasteiger charge is -2.15. The fraction of sp³-hybridized carbons (Fsp3) is 0.500. The van der Waals surface area contributed by atoms with Crippen LogP contribution >= 0.6 is 11.8 Å². The Kier molecular flexibility index (Phi) is 5.73. The Morgan fingerprint density at radius 3 is 3.12 bits per heavy atom. The van der Waals surface area contributed by atoms with E-state index in [4.69, 9.17) is 5.26 Å². The van der Waals surface area contributed by atoms with Crippen LogP contribution in [0, 0.1) is 11.3 Å². The molecule has 0 aromatic carbocycles. The minimum Gasteiger partial charge on any atom is -0.380 e. The standard InChI is InChI=1S/C12H17N3S/c1-3-16-7-5-10(2)15-12-9-14-6-4-11(12)8-13/h4,6,9-10,15H,3,5,7H2,1-2H3. The summed E-state index contributed by atoms with van der Waals surface area (Å²) in [5.74, 6) is 2.30. The first kappa shape index (κ1) is 12.9. The van der Waals surface area contributed by atoms with Crippen LogP contribution in [0.4, 0.5) is 5.69 Å². The minimum absolute atomic E-state index is 0.371. The van der Waals surface area contributed by atoms with Crippen LogP contribution in [0.25, 0.3) is 0 Å². The Morgan fingerprint density at radius 1 is 1.62 bits per heavy atom. The quantitative estimate of drug-likeness (QED) is 0.770. The highest BCUT2D eigenvalue weighted by molar-refractivity contribution is 7.99. The van der Waals surface area contributed by atoms with Gasteiger partial charge >= 0.3 is 0 Å². The molecule has 1 aromatic rings. The van der Waals surface area contributed by atoms with Crippen molar-refractivity contribution in [2.75, 3.05) is 16.8 Å². The summed E-state index contributed by atoms with van der Waals surface area (Å²) >= 11 is 1.94. The minimum atomic E-state index is 0.371. The molecular weight excluding hydrogens is 218 g/mol. The molecule has 0 saturated heterocycles. The molecule has 0 aliphatic carbocycles. The van der Waals surface area contributed by atoms with E-state index in [1.165, 1.54) is 0 Å². The first-order valence-corrected chi connectivity index (χ1v) is 6.61. The van der Waals surface area contributed by atoms with Gasteiger partial charge in [0.05, 0.1) is 17.4 Å². The molecule has 1 aromatic heterocycles. The molecule has 0 aliphatic heterocycles. The molecule has 1 heterocycles. The van der Waals surface area contributed by atoms with Crippen LogP contribution in [-0.2, 0) is 0 Å². The molecule has 16 heavy (non-hydrogen) atoms. The molecule has 0 saturated carbocycles. The molecule has 0 spiro atoms. The van der Waals surface area contributed by atoms with Crippen molar-refractivity contribution in [1.29, 1.82) is 5.26 Å². The summed E-state index contributed by atoms with van der Waals surface area (Å²) in [6.45, 7) is 4.29. The van der Waals surface area contributed by atoms with Gasteiger partial charge < -0.3 is 5.32 Å². The van der Waals surface area contributed by atoms with Gasteiger partial charge in [0.15, 0.2) is 0 Å². The third-order valence-corrected chi connectivity index (χ3v) is 3.18. The SMILES string of the molecule is CCSCCC(C)Nc1cnccc1C#N. The van der Waals surface area contributed by atoms with Gasteiger partial charge in [0, 0.05) is 12.2 Å². The van der Waals surface area contributed by atoms with Gasteiger partial charge in [-0.25, -0.2) is 0 Å². The van der Waals surface area contributed by atoms with Crippen molar-refractivity contribution in [1.82, 2.24) is 4.98 Å². The van der Waals surface area contributed by atoms with Crippen molar-refractivity contribution < 1.29 is 0 Å². The van der Waals surface area contributed by atoms with Gasteiger partial charge in [0.2, 0.25) is 0 Å². The molecular formula is C12H17N3S. The van der Waals surface area contributed by atoms with Crippen molar-refractivity contribution in [2.45, 2.75) is 26.3 Å². The van der Waals surface area contributed by atoms with Gasteiger partial charge in [-0.1, -0.05) is 6.92 Å². The highest BCUT2D eigenvalue weighted by Gasteiger charge is 2.05. The van der Waals surface area contributed by atoms with E-state index in [1.807, 2.05) is 11.8 Å². The Labute approximate surface area is 101 Å². The summed E-state index contributed by atoms with van der Waals surface area (Å²) < 4.78 is 0. The van der Waals surface area contributed by atoms with Gasteiger partial charge in [-0.3, -0.25) is 4.98 Å². The van der Waals surface area contributed by atoms with Crippen molar-refractivity contribution in [2.24, 2.45) is 0 Å². The van der Waals surface area contributed by atoms with E-state index in [1.54, 1.807) is 18.5 Å². The number of hydrogen-bond acceptors (Lipinski definition) is 4. The van der Waals surface area contributed by atoms with Crippen molar-refractivity contribution in [3.63, 3.8) is 0 Å². The van der Waals surface area contributed by atoms with Gasteiger partial charge in [0.25, 0.3) is 0 Å². The molecule has 1 N–H and O–H groups in total. The number of anilines is 1. The highest BCUT2D eigenvalue weighted by Crippen LogP contribution is 2.15. The van der Waals surface area contributed by atoms with Crippen LogP contribution in [-0.4, -0.2) is 22.5 Å². The third-order valence-electron chi connectivity index (χ3n) is 2.24. The third kappa shape index (κ3) is 4.11. The molecule has 0 amide bonds. The van der Waals surface area contributed by atoms with Crippen LogP contribution in [0.3, 0.4) is 0 Å². The average molecular weight is 235 g/mol. The normalized spacial score (nSPS) is 11.8. The molecule has 1 atom stereocenters. The number of hydrogen-bond donors (Lipinski definition) is 1. The molecule has 0 bridgehead atoms. The summed E-state index contributed by atoms with van der Waals surface area (Å²) in [5.41, 5.74) is 1.49. The Hall–Kier alpha value is -1.21. The van der Waals surface area contributed by atoms with E-state index in [-0.39, 0.29) is 0 Å². The number of thioether (sulfide) groups is 1. The maximum Gasteiger partial charge on any atom is 0.101 e. The van der Waals surface area contributed by atoms with Crippen LogP contribution < -0.4 is 5.32 Å². The molecule has 86 valence electrons. The zero-order chi connectivity index (χ0) is 11.8. The zero-order valence-corrected chi connectivity index (χ0v) is 10.5. The van der Waals surface area contributed by atoms with Crippen LogP contribution in [0.15, 0.2) is 18.5 Å². The molecule has 1 unspecified atom stereocenters. The number of rotatable bonds is 6. The first-order chi connectivity index (χ1) is 7.77. The lowest BCUT2D eigenvalue weighted by Crippen LogP contribution is -2.16. The lowest BCUT2D eigenvalue weighted by atomic mass is 10.2. The van der Waals surface area contributed by atoms with Crippen molar-refractivity contribution in [3.05, 3.63) is 24.0 Å². The Bertz CT molecular complexity index is 360. The van der Waals surface area contributed by atoms with Crippen LogP contribution in [0.1, 0.15) is 25.8 Å². The molecule has 4 heteroatoms. The van der Waals surface area contributed by atoms with Gasteiger partial charge in [0.1, 0.15) is 6.07 Å². The van der Waals surface area contributed by atoms with E-state index >= 15 is 0 Å². The predicted molar refractivity (Wildman–Crippen MR) is 69.7 cm³/mol. The van der Waals surface area contributed by atoms with E-state index in [0.29, 0.717) is 11.6 Å². The van der Waals surface area contributed by atoms with E-state index in [2.05, 4.69) is 30.2 Å². The second-order valence-corrected chi connectivity index (χ2v) is 4.96. The van der Waals surface area contributed by atoms with Gasteiger partial charge in [-0.05, 0) is 30.9 Å². The number of pyridine rings is 1. The van der Waals surface area contributed by atoms with E-state index in [0.717, 1.165) is 23.6 Å². The van der Waals surface area contributed by atoms with Gasteiger partial charge in [-0.2, -0.15) is 17.0 Å². The van der Waals surface area contributed by atoms with E-state index in [9.17, 15) is 0 Å². The largest absolute Gasteiger partial charge is 0.380 e. The fourth-order valence-electron chi connectivity index (χ4n) is 1.35. The zero-order valence-electron chi connectivity index (χ0n) is 9.73. The molecule has 3 nitrogen and oxygen atoms in total. The highest BCUT2D eigenvalue weighted by atomic mass is 32.2. The topological polar surface area (TPSA) is 48.7 Å².